The summed E-state index contributed by atoms with van der Waals surface area (Å²) >= 11 is 1.97. The van der Waals surface area contributed by atoms with E-state index >= 15 is 0 Å². The highest BCUT2D eigenvalue weighted by molar-refractivity contribution is 7.99. The number of ether oxygens (including phenoxy) is 1. The second-order valence-corrected chi connectivity index (χ2v) is 7.83. The summed E-state index contributed by atoms with van der Waals surface area (Å²) < 4.78 is 5.86. The minimum atomic E-state index is 0.471. The lowest BCUT2D eigenvalue weighted by Crippen LogP contribution is -2.42. The second kappa shape index (κ2) is 10.2. The van der Waals surface area contributed by atoms with Crippen LogP contribution in [0.3, 0.4) is 0 Å². The van der Waals surface area contributed by atoms with Crippen molar-refractivity contribution in [1.29, 1.82) is 0 Å². The molecule has 0 spiro atoms. The fourth-order valence-corrected chi connectivity index (χ4v) is 4.04. The van der Waals surface area contributed by atoms with Gasteiger partial charge in [-0.2, -0.15) is 11.8 Å². The third-order valence-electron chi connectivity index (χ3n) is 4.75. The van der Waals surface area contributed by atoms with E-state index in [2.05, 4.69) is 39.0 Å². The molecule has 1 saturated carbocycles. The van der Waals surface area contributed by atoms with Gasteiger partial charge in [0.2, 0.25) is 0 Å². The van der Waals surface area contributed by atoms with Crippen molar-refractivity contribution in [1.82, 2.24) is 15.6 Å². The summed E-state index contributed by atoms with van der Waals surface area (Å²) in [4.78, 5) is 8.65. The largest absolute Gasteiger partial charge is 0.487 e. The van der Waals surface area contributed by atoms with Crippen molar-refractivity contribution >= 4 is 17.7 Å². The lowest BCUT2D eigenvalue weighted by Gasteiger charge is -2.17. The number of nitrogens with one attached hydrogen (secondary N) is 2. The first kappa shape index (κ1) is 19.5. The Hall–Kier alpha value is -2.21. The number of rotatable bonds is 7. The minimum absolute atomic E-state index is 0.471. The van der Waals surface area contributed by atoms with E-state index in [-0.39, 0.29) is 0 Å². The molecular weight excluding hydrogens is 356 g/mol. The number of hydrogen-bond donors (Lipinski definition) is 2. The van der Waals surface area contributed by atoms with Gasteiger partial charge in [-0.1, -0.05) is 18.2 Å². The molecule has 2 atom stereocenters. The van der Waals surface area contributed by atoms with Crippen LogP contribution in [0.5, 0.6) is 5.75 Å². The Morgan fingerprint density at radius 3 is 2.93 bits per heavy atom. The average molecular weight is 385 g/mol. The molecule has 144 valence electrons. The zero-order valence-corrected chi connectivity index (χ0v) is 16.8. The number of aliphatic imine (C=N–C) groups is 1. The lowest BCUT2D eigenvalue weighted by molar-refractivity contribution is 0.301. The molecule has 0 radical (unpaired) electrons. The average Bonchev–Trinajstić information content (AvgIpc) is 3.18. The summed E-state index contributed by atoms with van der Waals surface area (Å²) in [7, 11) is 1.82. The van der Waals surface area contributed by atoms with Crippen LogP contribution in [0.1, 0.15) is 30.5 Å². The van der Waals surface area contributed by atoms with E-state index < -0.39 is 0 Å². The second-order valence-electron chi connectivity index (χ2n) is 6.69. The molecule has 0 aliphatic heterocycles. The Morgan fingerprint density at radius 2 is 2.19 bits per heavy atom. The van der Waals surface area contributed by atoms with Crippen molar-refractivity contribution in [3.05, 3.63) is 59.9 Å². The summed E-state index contributed by atoms with van der Waals surface area (Å²) in [5, 5.41) is 7.73. The highest BCUT2D eigenvalue weighted by atomic mass is 32.2. The van der Waals surface area contributed by atoms with Gasteiger partial charge in [0.15, 0.2) is 5.96 Å². The molecule has 1 heterocycles. The Kier molecular flexibility index (Phi) is 7.39. The molecule has 0 bridgehead atoms. The monoisotopic (exact) mass is 384 g/mol. The molecule has 2 aromatic rings. The van der Waals surface area contributed by atoms with Crippen LogP contribution in [0.4, 0.5) is 0 Å². The summed E-state index contributed by atoms with van der Waals surface area (Å²) in [6.45, 7) is 1.18. The number of benzene rings is 1. The molecule has 1 aliphatic carbocycles. The predicted molar refractivity (Wildman–Crippen MR) is 113 cm³/mol. The van der Waals surface area contributed by atoms with Gasteiger partial charge < -0.3 is 15.4 Å². The topological polar surface area (TPSA) is 58.5 Å². The summed E-state index contributed by atoms with van der Waals surface area (Å²) in [6, 6.07) is 14.5. The molecule has 2 N–H and O–H groups in total. The van der Waals surface area contributed by atoms with Crippen molar-refractivity contribution < 1.29 is 4.74 Å². The molecule has 1 fully saturated rings. The first-order valence-electron chi connectivity index (χ1n) is 9.38. The number of hydrogen-bond acceptors (Lipinski definition) is 4. The predicted octanol–water partition coefficient (Wildman–Crippen LogP) is 3.61. The van der Waals surface area contributed by atoms with Crippen LogP contribution in [0.15, 0.2) is 53.7 Å². The number of thioether (sulfide) groups is 1. The van der Waals surface area contributed by atoms with Crippen LogP contribution in [0.2, 0.25) is 0 Å². The molecule has 6 heteroatoms. The quantitative estimate of drug-likeness (QED) is 0.564. The van der Waals surface area contributed by atoms with Gasteiger partial charge in [0, 0.05) is 31.1 Å². The van der Waals surface area contributed by atoms with Crippen molar-refractivity contribution in [3.8, 4) is 5.75 Å². The number of nitrogens with zero attached hydrogens (tertiary/aromatic N) is 2. The highest BCUT2D eigenvalue weighted by Crippen LogP contribution is 2.28. The zero-order valence-electron chi connectivity index (χ0n) is 16.0. The van der Waals surface area contributed by atoms with Gasteiger partial charge in [-0.05, 0) is 55.3 Å². The van der Waals surface area contributed by atoms with Crippen LogP contribution in [-0.2, 0) is 13.2 Å². The first-order chi connectivity index (χ1) is 13.3. The smallest absolute Gasteiger partial charge is 0.191 e. The van der Waals surface area contributed by atoms with Crippen molar-refractivity contribution in [2.75, 3.05) is 13.3 Å². The Bertz CT molecular complexity index is 738. The van der Waals surface area contributed by atoms with Crippen LogP contribution < -0.4 is 15.4 Å². The molecule has 0 saturated heterocycles. The Labute approximate surface area is 166 Å². The summed E-state index contributed by atoms with van der Waals surface area (Å²) in [5.74, 6) is 1.71. The third-order valence-corrected chi connectivity index (χ3v) is 5.85. The van der Waals surface area contributed by atoms with E-state index in [1.807, 2.05) is 49.1 Å². The lowest BCUT2D eigenvalue weighted by atomic mass is 10.2. The van der Waals surface area contributed by atoms with E-state index in [0.717, 1.165) is 28.2 Å². The molecule has 1 aromatic heterocycles. The standard InChI is InChI=1S/C21H28N4OS/c1-22-21(25-17-9-10-20(13-17)27-2)24-14-16-6-5-8-19(12-16)26-15-18-7-3-4-11-23-18/h3-8,11-12,17,20H,9-10,13-15H2,1-2H3,(H2,22,24,25). The summed E-state index contributed by atoms with van der Waals surface area (Å²) in [6.07, 6.45) is 7.68. The van der Waals surface area contributed by atoms with Crippen LogP contribution in [-0.4, -0.2) is 35.5 Å². The maximum Gasteiger partial charge on any atom is 0.191 e. The van der Waals surface area contributed by atoms with E-state index in [1.54, 1.807) is 6.20 Å². The van der Waals surface area contributed by atoms with Gasteiger partial charge in [0.1, 0.15) is 12.4 Å². The van der Waals surface area contributed by atoms with E-state index in [0.29, 0.717) is 19.2 Å². The van der Waals surface area contributed by atoms with E-state index in [9.17, 15) is 0 Å². The van der Waals surface area contributed by atoms with Gasteiger partial charge in [-0.25, -0.2) is 0 Å². The number of pyridine rings is 1. The van der Waals surface area contributed by atoms with Gasteiger partial charge in [-0.15, -0.1) is 0 Å². The normalized spacial score (nSPS) is 19.7. The molecule has 0 amide bonds. The maximum atomic E-state index is 5.86. The fraction of sp³-hybridized carbons (Fsp3) is 0.429. The molecule has 3 rings (SSSR count). The summed E-state index contributed by atoms with van der Waals surface area (Å²) in [5.41, 5.74) is 2.08. The molecule has 1 aliphatic rings. The molecule has 5 nitrogen and oxygen atoms in total. The van der Waals surface area contributed by atoms with E-state index in [1.165, 1.54) is 19.3 Å². The van der Waals surface area contributed by atoms with Gasteiger partial charge in [0.25, 0.3) is 0 Å². The Morgan fingerprint density at radius 1 is 1.26 bits per heavy atom. The van der Waals surface area contributed by atoms with Crippen LogP contribution >= 0.6 is 11.8 Å². The SMILES string of the molecule is CN=C(NCc1cccc(OCc2ccccn2)c1)NC1CCC(SC)C1. The molecule has 2 unspecified atom stereocenters. The van der Waals surface area contributed by atoms with Gasteiger partial charge in [-0.3, -0.25) is 9.98 Å². The fourth-order valence-electron chi connectivity index (χ4n) is 3.25. The van der Waals surface area contributed by atoms with Crippen LogP contribution in [0.25, 0.3) is 0 Å². The minimum Gasteiger partial charge on any atom is -0.487 e. The maximum absolute atomic E-state index is 5.86. The number of guanidine groups is 1. The van der Waals surface area contributed by atoms with Crippen molar-refractivity contribution in [3.63, 3.8) is 0 Å². The first-order valence-corrected chi connectivity index (χ1v) is 10.7. The number of aromatic nitrogens is 1. The van der Waals surface area contributed by atoms with Gasteiger partial charge >= 0.3 is 0 Å². The zero-order chi connectivity index (χ0) is 18.9. The Balaban J connectivity index is 1.48. The molecular formula is C21H28N4OS. The van der Waals surface area contributed by atoms with Crippen molar-refractivity contribution in [2.24, 2.45) is 4.99 Å². The molecule has 27 heavy (non-hydrogen) atoms. The van der Waals surface area contributed by atoms with Crippen molar-refractivity contribution in [2.45, 2.75) is 43.7 Å². The van der Waals surface area contributed by atoms with Crippen LogP contribution in [0, 0.1) is 0 Å². The van der Waals surface area contributed by atoms with Gasteiger partial charge in [0.05, 0.1) is 5.69 Å². The van der Waals surface area contributed by atoms with E-state index in [4.69, 9.17) is 4.74 Å². The third kappa shape index (κ3) is 6.17. The molecule has 1 aromatic carbocycles. The highest BCUT2D eigenvalue weighted by Gasteiger charge is 2.24.